The summed E-state index contributed by atoms with van der Waals surface area (Å²) >= 11 is 0. The van der Waals surface area contributed by atoms with Crippen LogP contribution in [0.2, 0.25) is 0 Å². The molecule has 2 aliphatic carbocycles. The van der Waals surface area contributed by atoms with Crippen LogP contribution in [-0.2, 0) is 0 Å². The van der Waals surface area contributed by atoms with Gasteiger partial charge in [0.25, 0.3) is 0 Å². The average Bonchev–Trinajstić information content (AvgIpc) is 2.91. The number of guanidine groups is 1. The molecular formula is C13H23N3. The maximum absolute atomic E-state index is 6.07. The van der Waals surface area contributed by atoms with Crippen molar-refractivity contribution in [2.24, 2.45) is 22.1 Å². The van der Waals surface area contributed by atoms with E-state index >= 15 is 0 Å². The molecular weight excluding hydrogens is 198 g/mol. The van der Waals surface area contributed by atoms with Crippen LogP contribution in [-0.4, -0.2) is 29.5 Å². The van der Waals surface area contributed by atoms with Crippen LogP contribution in [0.3, 0.4) is 0 Å². The SMILES string of the molecule is CC1(C)CCC2(CN=C(N)N2CC2CC2)C1. The van der Waals surface area contributed by atoms with Gasteiger partial charge in [-0.3, -0.25) is 4.99 Å². The van der Waals surface area contributed by atoms with Crippen molar-refractivity contribution < 1.29 is 0 Å². The van der Waals surface area contributed by atoms with Crippen molar-refractivity contribution in [3.05, 3.63) is 0 Å². The predicted molar refractivity (Wildman–Crippen MR) is 66.3 cm³/mol. The summed E-state index contributed by atoms with van der Waals surface area (Å²) in [4.78, 5) is 6.96. The molecule has 2 N–H and O–H groups in total. The Labute approximate surface area is 98.1 Å². The van der Waals surface area contributed by atoms with Crippen molar-refractivity contribution in [3.63, 3.8) is 0 Å². The molecule has 1 unspecified atom stereocenters. The van der Waals surface area contributed by atoms with E-state index in [1.54, 1.807) is 0 Å². The Hall–Kier alpha value is -0.730. The highest BCUT2D eigenvalue weighted by Gasteiger charge is 2.51. The summed E-state index contributed by atoms with van der Waals surface area (Å²) in [5.41, 5.74) is 6.84. The Balaban J connectivity index is 1.79. The molecule has 2 saturated carbocycles. The van der Waals surface area contributed by atoms with Crippen LogP contribution < -0.4 is 5.73 Å². The van der Waals surface area contributed by atoms with Crippen molar-refractivity contribution in [1.82, 2.24) is 4.90 Å². The van der Waals surface area contributed by atoms with Gasteiger partial charge in [0.1, 0.15) is 0 Å². The van der Waals surface area contributed by atoms with E-state index in [0.717, 1.165) is 25.0 Å². The molecule has 90 valence electrons. The fourth-order valence-electron chi connectivity index (χ4n) is 3.49. The van der Waals surface area contributed by atoms with Gasteiger partial charge >= 0.3 is 0 Å². The molecule has 0 radical (unpaired) electrons. The second-order valence-electron chi connectivity index (χ2n) is 6.79. The van der Waals surface area contributed by atoms with E-state index in [1.165, 1.54) is 32.1 Å². The number of rotatable bonds is 2. The molecule has 0 aromatic rings. The summed E-state index contributed by atoms with van der Waals surface area (Å²) in [6.07, 6.45) is 6.64. The Bertz CT molecular complexity index is 330. The van der Waals surface area contributed by atoms with E-state index in [0.29, 0.717) is 5.41 Å². The number of aliphatic imine (C=N–C) groups is 1. The second kappa shape index (κ2) is 3.14. The van der Waals surface area contributed by atoms with Crippen LogP contribution >= 0.6 is 0 Å². The molecule has 3 aliphatic rings. The van der Waals surface area contributed by atoms with Crippen LogP contribution in [0.5, 0.6) is 0 Å². The summed E-state index contributed by atoms with van der Waals surface area (Å²) in [7, 11) is 0. The molecule has 3 rings (SSSR count). The Morgan fingerprint density at radius 2 is 2.12 bits per heavy atom. The summed E-state index contributed by atoms with van der Waals surface area (Å²) in [5.74, 6) is 1.71. The Morgan fingerprint density at radius 3 is 2.69 bits per heavy atom. The minimum absolute atomic E-state index is 0.288. The normalized spacial score (nSPS) is 37.1. The van der Waals surface area contributed by atoms with E-state index in [4.69, 9.17) is 5.73 Å². The first-order chi connectivity index (χ1) is 7.51. The van der Waals surface area contributed by atoms with Crippen LogP contribution in [0.15, 0.2) is 4.99 Å². The van der Waals surface area contributed by atoms with E-state index in [9.17, 15) is 0 Å². The number of nitrogens with two attached hydrogens (primary N) is 1. The Kier molecular flexibility index (Phi) is 2.05. The van der Waals surface area contributed by atoms with Crippen LogP contribution in [0.25, 0.3) is 0 Å². The molecule has 0 saturated heterocycles. The van der Waals surface area contributed by atoms with Gasteiger partial charge in [0.2, 0.25) is 0 Å². The molecule has 1 atom stereocenters. The lowest BCUT2D eigenvalue weighted by molar-refractivity contribution is 0.180. The smallest absolute Gasteiger partial charge is 0.191 e. The van der Waals surface area contributed by atoms with Gasteiger partial charge in [-0.15, -0.1) is 0 Å². The zero-order valence-corrected chi connectivity index (χ0v) is 10.5. The topological polar surface area (TPSA) is 41.6 Å². The first-order valence-electron chi connectivity index (χ1n) is 6.58. The first-order valence-corrected chi connectivity index (χ1v) is 6.58. The van der Waals surface area contributed by atoms with Gasteiger partial charge in [0.05, 0.1) is 12.1 Å². The molecule has 0 bridgehead atoms. The molecule has 0 aromatic carbocycles. The molecule has 16 heavy (non-hydrogen) atoms. The molecule has 0 amide bonds. The zero-order chi connectivity index (χ0) is 11.4. The van der Waals surface area contributed by atoms with Crippen molar-refractivity contribution in [1.29, 1.82) is 0 Å². The van der Waals surface area contributed by atoms with Gasteiger partial charge in [-0.05, 0) is 43.4 Å². The Morgan fingerprint density at radius 1 is 1.38 bits per heavy atom. The monoisotopic (exact) mass is 221 g/mol. The minimum Gasteiger partial charge on any atom is -0.370 e. The molecule has 3 heteroatoms. The minimum atomic E-state index is 0.288. The number of hydrogen-bond acceptors (Lipinski definition) is 3. The van der Waals surface area contributed by atoms with Crippen molar-refractivity contribution in [3.8, 4) is 0 Å². The third kappa shape index (κ3) is 1.61. The van der Waals surface area contributed by atoms with E-state index in [2.05, 4.69) is 23.7 Å². The van der Waals surface area contributed by atoms with Crippen LogP contribution in [0.4, 0.5) is 0 Å². The molecule has 0 aromatic heterocycles. The van der Waals surface area contributed by atoms with Gasteiger partial charge in [0.15, 0.2) is 5.96 Å². The third-order valence-corrected chi connectivity index (χ3v) is 4.60. The van der Waals surface area contributed by atoms with Gasteiger partial charge in [-0.1, -0.05) is 13.8 Å². The lowest BCUT2D eigenvalue weighted by Crippen LogP contribution is -2.51. The van der Waals surface area contributed by atoms with Crippen LogP contribution in [0, 0.1) is 11.3 Å². The standard InChI is InChI=1S/C13H23N3/c1-12(2)5-6-13(8-12)9-15-11(14)16(13)7-10-3-4-10/h10H,3-9H2,1-2H3,(H2,14,15). The lowest BCUT2D eigenvalue weighted by atomic mass is 9.87. The maximum atomic E-state index is 6.07. The highest BCUT2D eigenvalue weighted by molar-refractivity contribution is 5.81. The molecule has 1 aliphatic heterocycles. The molecule has 1 spiro atoms. The number of hydrogen-bond donors (Lipinski definition) is 1. The van der Waals surface area contributed by atoms with Crippen LogP contribution in [0.1, 0.15) is 46.0 Å². The van der Waals surface area contributed by atoms with E-state index in [-0.39, 0.29) is 5.54 Å². The van der Waals surface area contributed by atoms with Crippen molar-refractivity contribution >= 4 is 5.96 Å². The fraction of sp³-hybridized carbons (Fsp3) is 0.923. The van der Waals surface area contributed by atoms with Gasteiger partial charge in [0, 0.05) is 6.54 Å². The largest absolute Gasteiger partial charge is 0.370 e. The lowest BCUT2D eigenvalue weighted by Gasteiger charge is -2.37. The highest BCUT2D eigenvalue weighted by Crippen LogP contribution is 2.49. The summed E-state index contributed by atoms with van der Waals surface area (Å²) in [5, 5.41) is 0. The zero-order valence-electron chi connectivity index (χ0n) is 10.5. The summed E-state index contributed by atoms with van der Waals surface area (Å²) < 4.78 is 0. The summed E-state index contributed by atoms with van der Waals surface area (Å²) in [6, 6.07) is 0. The predicted octanol–water partition coefficient (Wildman–Crippen LogP) is 1.98. The van der Waals surface area contributed by atoms with Gasteiger partial charge in [-0.25, -0.2) is 0 Å². The third-order valence-electron chi connectivity index (χ3n) is 4.60. The highest BCUT2D eigenvalue weighted by atomic mass is 15.4. The molecule has 2 fully saturated rings. The molecule has 3 nitrogen and oxygen atoms in total. The van der Waals surface area contributed by atoms with Crippen molar-refractivity contribution in [2.75, 3.05) is 13.1 Å². The molecule has 1 heterocycles. The van der Waals surface area contributed by atoms with Gasteiger partial charge in [-0.2, -0.15) is 0 Å². The van der Waals surface area contributed by atoms with Gasteiger partial charge < -0.3 is 10.6 Å². The van der Waals surface area contributed by atoms with E-state index < -0.39 is 0 Å². The first kappa shape index (κ1) is 10.4. The fourth-order valence-corrected chi connectivity index (χ4v) is 3.49. The average molecular weight is 221 g/mol. The second-order valence-corrected chi connectivity index (χ2v) is 6.79. The summed E-state index contributed by atoms with van der Waals surface area (Å²) in [6.45, 7) is 6.86. The maximum Gasteiger partial charge on any atom is 0.191 e. The van der Waals surface area contributed by atoms with Crippen molar-refractivity contribution in [2.45, 2.75) is 51.5 Å². The van der Waals surface area contributed by atoms with E-state index in [1.807, 2.05) is 0 Å². The number of nitrogens with zero attached hydrogens (tertiary/aromatic N) is 2. The quantitative estimate of drug-likeness (QED) is 0.774.